The first-order valence-electron chi connectivity index (χ1n) is 7.79. The summed E-state index contributed by atoms with van der Waals surface area (Å²) >= 11 is 0. The SMILES string of the molecule is C=CC(CCCCC)O[C@@H]1O[C@H](COS(=O)(=O)O)[C@@H](O)[C@H](O)[C@H]1O. The lowest BCUT2D eigenvalue weighted by Gasteiger charge is -2.40. The predicted molar refractivity (Wildman–Crippen MR) is 83.4 cm³/mol. The molecule has 0 aromatic rings. The average Bonchev–Trinajstić information content (AvgIpc) is 2.52. The van der Waals surface area contributed by atoms with Crippen molar-refractivity contribution >= 4 is 10.4 Å². The van der Waals surface area contributed by atoms with Crippen molar-refractivity contribution in [2.24, 2.45) is 0 Å². The van der Waals surface area contributed by atoms with Crippen molar-refractivity contribution < 1.29 is 41.9 Å². The second-order valence-corrected chi connectivity index (χ2v) is 6.72. The summed E-state index contributed by atoms with van der Waals surface area (Å²) in [6.45, 7) is 4.95. The summed E-state index contributed by atoms with van der Waals surface area (Å²) in [5.41, 5.74) is 0. The fraction of sp³-hybridized carbons (Fsp3) is 0.857. The molecule has 24 heavy (non-hydrogen) atoms. The molecule has 10 heteroatoms. The number of hydrogen-bond acceptors (Lipinski definition) is 8. The number of hydrogen-bond donors (Lipinski definition) is 4. The maximum absolute atomic E-state index is 10.6. The van der Waals surface area contributed by atoms with E-state index in [0.29, 0.717) is 6.42 Å². The first-order chi connectivity index (χ1) is 11.2. The molecule has 4 N–H and O–H groups in total. The zero-order valence-electron chi connectivity index (χ0n) is 13.5. The fourth-order valence-corrected chi connectivity index (χ4v) is 2.64. The molecule has 1 heterocycles. The molecular weight excluding hydrogens is 344 g/mol. The Labute approximate surface area is 141 Å². The van der Waals surface area contributed by atoms with Gasteiger partial charge in [0.25, 0.3) is 0 Å². The smallest absolute Gasteiger partial charge is 0.387 e. The third-order valence-corrected chi connectivity index (χ3v) is 4.15. The van der Waals surface area contributed by atoms with Crippen molar-refractivity contribution in [3.05, 3.63) is 12.7 Å². The van der Waals surface area contributed by atoms with Gasteiger partial charge in [-0.3, -0.25) is 4.55 Å². The quantitative estimate of drug-likeness (QED) is 0.233. The van der Waals surface area contributed by atoms with Gasteiger partial charge >= 0.3 is 10.4 Å². The van der Waals surface area contributed by atoms with Crippen molar-refractivity contribution in [3.8, 4) is 0 Å². The van der Waals surface area contributed by atoms with Gasteiger partial charge in [-0.2, -0.15) is 8.42 Å². The third kappa shape index (κ3) is 6.73. The summed E-state index contributed by atoms with van der Waals surface area (Å²) in [6.07, 6.45) is -2.76. The van der Waals surface area contributed by atoms with Gasteiger partial charge in [0.05, 0.1) is 12.7 Å². The molecule has 1 rings (SSSR count). The second kappa shape index (κ2) is 9.78. The molecule has 6 atom stereocenters. The summed E-state index contributed by atoms with van der Waals surface area (Å²) in [5, 5.41) is 29.6. The van der Waals surface area contributed by atoms with Crippen LogP contribution in [0.3, 0.4) is 0 Å². The highest BCUT2D eigenvalue weighted by Gasteiger charge is 2.45. The molecule has 142 valence electrons. The van der Waals surface area contributed by atoms with Crippen LogP contribution in [0, 0.1) is 0 Å². The van der Waals surface area contributed by atoms with Crippen molar-refractivity contribution in [3.63, 3.8) is 0 Å². The maximum atomic E-state index is 10.6. The molecule has 9 nitrogen and oxygen atoms in total. The first kappa shape index (κ1) is 21.5. The lowest BCUT2D eigenvalue weighted by Crippen LogP contribution is -2.59. The van der Waals surface area contributed by atoms with Gasteiger partial charge in [0.1, 0.15) is 24.4 Å². The van der Waals surface area contributed by atoms with E-state index in [0.717, 1.165) is 19.3 Å². The number of unbranched alkanes of at least 4 members (excludes halogenated alkanes) is 2. The van der Waals surface area contributed by atoms with E-state index in [9.17, 15) is 23.7 Å². The van der Waals surface area contributed by atoms with Crippen molar-refractivity contribution in [2.75, 3.05) is 6.61 Å². The van der Waals surface area contributed by atoms with Crippen LogP contribution in [0.25, 0.3) is 0 Å². The topological polar surface area (TPSA) is 143 Å². The van der Waals surface area contributed by atoms with Gasteiger partial charge in [-0.1, -0.05) is 32.3 Å². The van der Waals surface area contributed by atoms with Gasteiger partial charge in [-0.25, -0.2) is 4.18 Å². The summed E-state index contributed by atoms with van der Waals surface area (Å²) < 4.78 is 44.8. The Morgan fingerprint density at radius 2 is 1.88 bits per heavy atom. The lowest BCUT2D eigenvalue weighted by atomic mass is 9.99. The third-order valence-electron chi connectivity index (χ3n) is 3.71. The first-order valence-corrected chi connectivity index (χ1v) is 9.15. The highest BCUT2D eigenvalue weighted by atomic mass is 32.3. The van der Waals surface area contributed by atoms with Crippen LogP contribution in [0.1, 0.15) is 32.6 Å². The number of aliphatic hydroxyl groups excluding tert-OH is 3. The Bertz CT molecular complexity index is 481. The Morgan fingerprint density at radius 1 is 1.21 bits per heavy atom. The molecule has 1 saturated heterocycles. The monoisotopic (exact) mass is 370 g/mol. The second-order valence-electron chi connectivity index (χ2n) is 5.63. The van der Waals surface area contributed by atoms with Crippen molar-refractivity contribution in [2.45, 2.75) is 69.4 Å². The van der Waals surface area contributed by atoms with Crippen LogP contribution in [0.4, 0.5) is 0 Å². The molecule has 0 saturated carbocycles. The van der Waals surface area contributed by atoms with Crippen LogP contribution >= 0.6 is 0 Å². The largest absolute Gasteiger partial charge is 0.397 e. The Balaban J connectivity index is 2.68. The van der Waals surface area contributed by atoms with Gasteiger partial charge < -0.3 is 24.8 Å². The molecule has 0 aromatic carbocycles. The average molecular weight is 370 g/mol. The van der Waals surface area contributed by atoms with Crippen LogP contribution in [0.15, 0.2) is 12.7 Å². The van der Waals surface area contributed by atoms with Crippen molar-refractivity contribution in [1.29, 1.82) is 0 Å². The molecule has 1 unspecified atom stereocenters. The van der Waals surface area contributed by atoms with E-state index in [1.807, 2.05) is 0 Å². The van der Waals surface area contributed by atoms with Gasteiger partial charge in [0.2, 0.25) is 0 Å². The summed E-state index contributed by atoms with van der Waals surface area (Å²) in [7, 11) is -4.73. The van der Waals surface area contributed by atoms with E-state index >= 15 is 0 Å². The minimum atomic E-state index is -4.73. The van der Waals surface area contributed by atoms with Crippen LogP contribution < -0.4 is 0 Å². The van der Waals surface area contributed by atoms with Crippen LogP contribution in [-0.2, 0) is 24.1 Å². The zero-order chi connectivity index (χ0) is 18.3. The van der Waals surface area contributed by atoms with Gasteiger partial charge in [-0.15, -0.1) is 6.58 Å². The van der Waals surface area contributed by atoms with E-state index in [-0.39, 0.29) is 0 Å². The molecule has 0 aromatic heterocycles. The van der Waals surface area contributed by atoms with Crippen LogP contribution in [0.5, 0.6) is 0 Å². The maximum Gasteiger partial charge on any atom is 0.397 e. The molecule has 0 spiro atoms. The van der Waals surface area contributed by atoms with E-state index in [2.05, 4.69) is 17.7 Å². The van der Waals surface area contributed by atoms with Gasteiger partial charge in [0.15, 0.2) is 6.29 Å². The number of aliphatic hydroxyl groups is 3. The standard InChI is InChI=1S/C14H26O9S/c1-3-5-6-7-9(4-2)22-14-13(17)12(16)11(15)10(23-14)8-21-24(18,19)20/h4,9-17H,2-3,5-8H2,1H3,(H,18,19,20)/t9?,10-,11-,12+,13-,14-/m1/s1. The predicted octanol–water partition coefficient (Wildman–Crippen LogP) is -0.235. The highest BCUT2D eigenvalue weighted by Crippen LogP contribution is 2.25. The number of ether oxygens (including phenoxy) is 2. The molecule has 1 fully saturated rings. The van der Waals surface area contributed by atoms with Gasteiger partial charge in [-0.05, 0) is 6.42 Å². The molecule has 1 aliphatic rings. The molecule has 0 radical (unpaired) electrons. The Hall–Kier alpha value is -0.590. The van der Waals surface area contributed by atoms with E-state index in [1.54, 1.807) is 0 Å². The molecule has 0 amide bonds. The van der Waals surface area contributed by atoms with E-state index < -0.39 is 53.8 Å². The van der Waals surface area contributed by atoms with Crippen molar-refractivity contribution in [1.82, 2.24) is 0 Å². The summed E-state index contributed by atoms with van der Waals surface area (Å²) in [6, 6.07) is 0. The minimum absolute atomic E-state index is 0.443. The van der Waals surface area contributed by atoms with E-state index in [4.69, 9.17) is 14.0 Å². The Morgan fingerprint density at radius 3 is 2.42 bits per heavy atom. The normalized spacial score (nSPS) is 32.5. The van der Waals surface area contributed by atoms with E-state index in [1.165, 1.54) is 6.08 Å². The molecular formula is C14H26O9S. The minimum Gasteiger partial charge on any atom is -0.387 e. The summed E-state index contributed by atoms with van der Waals surface area (Å²) in [4.78, 5) is 0. The van der Waals surface area contributed by atoms with Gasteiger partial charge in [0, 0.05) is 0 Å². The zero-order valence-corrected chi connectivity index (χ0v) is 14.3. The van der Waals surface area contributed by atoms with Crippen LogP contribution in [0.2, 0.25) is 0 Å². The molecule has 1 aliphatic heterocycles. The molecule has 0 bridgehead atoms. The number of rotatable bonds is 10. The highest BCUT2D eigenvalue weighted by molar-refractivity contribution is 7.80. The lowest BCUT2D eigenvalue weighted by molar-refractivity contribution is -0.306. The van der Waals surface area contributed by atoms with Crippen LogP contribution in [-0.4, -0.2) is 71.7 Å². The summed E-state index contributed by atoms with van der Waals surface area (Å²) in [5.74, 6) is 0. The Kier molecular flexibility index (Phi) is 8.74. The molecule has 0 aliphatic carbocycles. The fourth-order valence-electron chi connectivity index (χ4n) is 2.33.